The van der Waals surface area contributed by atoms with Crippen LogP contribution in [0.15, 0.2) is 0 Å². The molecule has 14 heavy (non-hydrogen) atoms. The van der Waals surface area contributed by atoms with Crippen molar-refractivity contribution in [3.8, 4) is 0 Å². The SMILES string of the molecule is CCN(CC)CSC[Si](C)(CC)CC. The van der Waals surface area contributed by atoms with Crippen LogP contribution in [0.5, 0.6) is 0 Å². The minimum absolute atomic E-state index is 0.853. The van der Waals surface area contributed by atoms with Crippen LogP contribution in [0.1, 0.15) is 27.7 Å². The minimum Gasteiger partial charge on any atom is -0.295 e. The molecule has 0 aromatic heterocycles. The summed E-state index contributed by atoms with van der Waals surface area (Å²) >= 11 is 2.15. The second kappa shape index (κ2) is 7.77. The lowest BCUT2D eigenvalue weighted by molar-refractivity contribution is 0.358. The average Bonchev–Trinajstić information content (AvgIpc) is 2.24. The maximum absolute atomic E-state index is 2.54. The van der Waals surface area contributed by atoms with Gasteiger partial charge in [0.15, 0.2) is 0 Å². The molecule has 0 unspecified atom stereocenters. The molecule has 0 aromatic rings. The van der Waals surface area contributed by atoms with Crippen molar-refractivity contribution >= 4 is 19.8 Å². The van der Waals surface area contributed by atoms with Crippen molar-refractivity contribution in [3.63, 3.8) is 0 Å². The largest absolute Gasteiger partial charge is 0.295 e. The Morgan fingerprint density at radius 1 is 1.00 bits per heavy atom. The van der Waals surface area contributed by atoms with E-state index in [0.717, 1.165) is 0 Å². The summed E-state index contributed by atoms with van der Waals surface area (Å²) < 4.78 is 0. The second-order valence-electron chi connectivity index (χ2n) is 4.30. The zero-order valence-electron chi connectivity index (χ0n) is 10.6. The summed E-state index contributed by atoms with van der Waals surface area (Å²) in [7, 11) is -0.853. The first-order valence-electron chi connectivity index (χ1n) is 5.92. The van der Waals surface area contributed by atoms with Gasteiger partial charge >= 0.3 is 0 Å². The van der Waals surface area contributed by atoms with Crippen LogP contribution in [-0.2, 0) is 0 Å². The van der Waals surface area contributed by atoms with E-state index in [0.29, 0.717) is 0 Å². The zero-order valence-corrected chi connectivity index (χ0v) is 12.4. The Morgan fingerprint density at radius 2 is 1.50 bits per heavy atom. The van der Waals surface area contributed by atoms with E-state index in [2.05, 4.69) is 50.9 Å². The molecular formula is C11H27NSSi. The van der Waals surface area contributed by atoms with E-state index in [1.807, 2.05) is 0 Å². The number of nitrogens with zero attached hydrogens (tertiary/aromatic N) is 1. The van der Waals surface area contributed by atoms with Crippen LogP contribution in [0.25, 0.3) is 0 Å². The molecule has 0 aliphatic heterocycles. The fourth-order valence-corrected chi connectivity index (χ4v) is 6.37. The maximum atomic E-state index is 2.54. The number of hydrogen-bond acceptors (Lipinski definition) is 2. The van der Waals surface area contributed by atoms with E-state index in [9.17, 15) is 0 Å². The van der Waals surface area contributed by atoms with E-state index < -0.39 is 8.07 Å². The number of hydrogen-bond donors (Lipinski definition) is 0. The molecule has 3 heteroatoms. The van der Waals surface area contributed by atoms with Crippen LogP contribution in [0.4, 0.5) is 0 Å². The maximum Gasteiger partial charge on any atom is 0.0604 e. The Balaban J connectivity index is 3.70. The molecule has 0 radical (unpaired) electrons. The smallest absolute Gasteiger partial charge is 0.0604 e. The number of thioether (sulfide) groups is 1. The molecule has 86 valence electrons. The van der Waals surface area contributed by atoms with Gasteiger partial charge in [-0.15, -0.1) is 11.8 Å². The van der Waals surface area contributed by atoms with Crippen LogP contribution in [-0.4, -0.2) is 37.3 Å². The highest BCUT2D eigenvalue weighted by Crippen LogP contribution is 2.20. The van der Waals surface area contributed by atoms with E-state index in [-0.39, 0.29) is 0 Å². The van der Waals surface area contributed by atoms with E-state index >= 15 is 0 Å². The Labute approximate surface area is 95.7 Å². The topological polar surface area (TPSA) is 3.24 Å². The molecular weight excluding hydrogens is 206 g/mol. The van der Waals surface area contributed by atoms with Crippen molar-refractivity contribution in [3.05, 3.63) is 0 Å². The molecule has 0 saturated heterocycles. The molecule has 0 amide bonds. The van der Waals surface area contributed by atoms with Crippen molar-refractivity contribution in [2.75, 3.05) is 24.3 Å². The third-order valence-corrected chi connectivity index (χ3v) is 10.9. The molecule has 0 rings (SSSR count). The third-order valence-electron chi connectivity index (χ3n) is 3.33. The summed E-state index contributed by atoms with van der Waals surface area (Å²) in [5.41, 5.74) is 0. The van der Waals surface area contributed by atoms with Gasteiger partial charge in [0.2, 0.25) is 0 Å². The normalized spacial score (nSPS) is 12.4. The Morgan fingerprint density at radius 3 is 1.86 bits per heavy atom. The lowest BCUT2D eigenvalue weighted by Crippen LogP contribution is -2.33. The third kappa shape index (κ3) is 5.42. The fraction of sp³-hybridized carbons (Fsp3) is 1.00. The highest BCUT2D eigenvalue weighted by atomic mass is 32.2. The van der Waals surface area contributed by atoms with Crippen LogP contribution < -0.4 is 0 Å². The summed E-state index contributed by atoms with van der Waals surface area (Å²) in [5, 5.41) is 1.44. The van der Waals surface area contributed by atoms with Crippen molar-refractivity contribution in [2.24, 2.45) is 0 Å². The highest BCUT2D eigenvalue weighted by molar-refractivity contribution is 8.00. The fourth-order valence-electron chi connectivity index (χ4n) is 1.28. The average molecular weight is 233 g/mol. The summed E-state index contributed by atoms with van der Waals surface area (Å²) in [6.45, 7) is 14.2. The summed E-state index contributed by atoms with van der Waals surface area (Å²) in [5.74, 6) is 1.23. The first-order chi connectivity index (χ1) is 6.61. The molecule has 0 aliphatic rings. The summed E-state index contributed by atoms with van der Waals surface area (Å²) in [6.07, 6.45) is 0. The molecule has 0 spiro atoms. The van der Waals surface area contributed by atoms with Gasteiger partial charge in [-0.05, 0) is 18.5 Å². The summed E-state index contributed by atoms with van der Waals surface area (Å²) in [4.78, 5) is 2.50. The van der Waals surface area contributed by atoms with Crippen molar-refractivity contribution in [1.29, 1.82) is 0 Å². The predicted octanol–water partition coefficient (Wildman–Crippen LogP) is 3.68. The Kier molecular flexibility index (Phi) is 8.06. The van der Waals surface area contributed by atoms with Gasteiger partial charge in [0.05, 0.1) is 8.07 Å². The molecule has 0 bridgehead atoms. The van der Waals surface area contributed by atoms with Gasteiger partial charge in [0.25, 0.3) is 0 Å². The van der Waals surface area contributed by atoms with E-state index in [1.165, 1.54) is 36.4 Å². The molecule has 0 aromatic carbocycles. The monoisotopic (exact) mass is 233 g/mol. The minimum atomic E-state index is -0.853. The molecule has 1 nitrogen and oxygen atoms in total. The zero-order chi connectivity index (χ0) is 11.0. The van der Waals surface area contributed by atoms with Crippen molar-refractivity contribution in [2.45, 2.75) is 46.3 Å². The second-order valence-corrected chi connectivity index (χ2v) is 11.2. The molecule has 0 N–H and O–H groups in total. The van der Waals surface area contributed by atoms with Crippen molar-refractivity contribution < 1.29 is 0 Å². The van der Waals surface area contributed by atoms with Gasteiger partial charge in [-0.1, -0.05) is 46.3 Å². The quantitative estimate of drug-likeness (QED) is 0.465. The highest BCUT2D eigenvalue weighted by Gasteiger charge is 2.22. The standard InChI is InChI=1S/C11H27NSSi/c1-6-12(7-2)10-13-11-14(5,8-3)9-4/h6-11H2,1-5H3. The van der Waals surface area contributed by atoms with E-state index in [1.54, 1.807) is 0 Å². The van der Waals surface area contributed by atoms with Gasteiger partial charge in [-0.3, -0.25) is 4.90 Å². The molecule has 0 fully saturated rings. The first kappa shape index (κ1) is 14.5. The lowest BCUT2D eigenvalue weighted by Gasteiger charge is -2.25. The number of rotatable bonds is 8. The Hall–Kier alpha value is 0.527. The van der Waals surface area contributed by atoms with Gasteiger partial charge < -0.3 is 0 Å². The molecule has 0 saturated carbocycles. The van der Waals surface area contributed by atoms with Crippen LogP contribution >= 0.6 is 11.8 Å². The van der Waals surface area contributed by atoms with Crippen LogP contribution in [0.3, 0.4) is 0 Å². The molecule has 0 aliphatic carbocycles. The molecule has 0 heterocycles. The first-order valence-corrected chi connectivity index (χ1v) is 10.2. The summed E-state index contributed by atoms with van der Waals surface area (Å²) in [6, 6.07) is 2.88. The lowest BCUT2D eigenvalue weighted by atomic mass is 10.6. The van der Waals surface area contributed by atoms with Gasteiger partial charge in [-0.25, -0.2) is 0 Å². The predicted molar refractivity (Wildman–Crippen MR) is 72.8 cm³/mol. The Bertz CT molecular complexity index is 133. The van der Waals surface area contributed by atoms with Crippen LogP contribution in [0, 0.1) is 0 Å². The van der Waals surface area contributed by atoms with Gasteiger partial charge in [0, 0.05) is 5.88 Å². The molecule has 0 atom stereocenters. The van der Waals surface area contributed by atoms with Gasteiger partial charge in [0.1, 0.15) is 0 Å². The van der Waals surface area contributed by atoms with E-state index in [4.69, 9.17) is 0 Å². The van der Waals surface area contributed by atoms with Gasteiger partial charge in [-0.2, -0.15) is 0 Å². The van der Waals surface area contributed by atoms with Crippen molar-refractivity contribution in [1.82, 2.24) is 4.90 Å². The van der Waals surface area contributed by atoms with Crippen LogP contribution in [0.2, 0.25) is 18.6 Å².